The Hall–Kier alpha value is -1.06. The Labute approximate surface area is 126 Å². The van der Waals surface area contributed by atoms with Crippen LogP contribution in [-0.2, 0) is 19.1 Å². The molecule has 0 aliphatic heterocycles. The molecule has 0 radical (unpaired) electrons. The number of carbonyl (C=O) groups excluding carboxylic acids is 2. The van der Waals surface area contributed by atoms with Gasteiger partial charge in [0.15, 0.2) is 0 Å². The average Bonchev–Trinajstić information content (AvgIpc) is 2.43. The molecule has 2 atom stereocenters. The molecule has 0 aromatic carbocycles. The van der Waals surface area contributed by atoms with Gasteiger partial charge in [0.05, 0.1) is 0 Å². The minimum Gasteiger partial charge on any atom is -0.459 e. The van der Waals surface area contributed by atoms with Crippen molar-refractivity contribution in [2.75, 3.05) is 0 Å². The van der Waals surface area contributed by atoms with Crippen molar-refractivity contribution in [1.82, 2.24) is 0 Å². The molecule has 4 fully saturated rings. The van der Waals surface area contributed by atoms with Gasteiger partial charge < -0.3 is 9.47 Å². The second kappa shape index (κ2) is 4.99. The third-order valence-electron chi connectivity index (χ3n) is 6.00. The average molecular weight is 294 g/mol. The first-order valence-electron chi connectivity index (χ1n) is 8.34. The monoisotopic (exact) mass is 294 g/mol. The maximum absolute atomic E-state index is 11.8. The zero-order chi connectivity index (χ0) is 15.3. The normalized spacial score (nSPS) is 43.7. The molecule has 118 valence electrons. The quantitative estimate of drug-likeness (QED) is 0.747. The van der Waals surface area contributed by atoms with Crippen LogP contribution in [0.15, 0.2) is 0 Å². The van der Waals surface area contributed by atoms with Crippen molar-refractivity contribution >= 4 is 11.9 Å². The van der Waals surface area contributed by atoms with E-state index < -0.39 is 0 Å². The maximum Gasteiger partial charge on any atom is 0.306 e. The zero-order valence-electron chi connectivity index (χ0n) is 13.3. The molecule has 21 heavy (non-hydrogen) atoms. The van der Waals surface area contributed by atoms with Crippen LogP contribution in [0.2, 0.25) is 0 Å². The van der Waals surface area contributed by atoms with Gasteiger partial charge in [0, 0.05) is 24.7 Å². The van der Waals surface area contributed by atoms with Crippen LogP contribution in [0.4, 0.5) is 0 Å². The molecular formula is C17H26O4. The molecule has 0 heterocycles. The molecule has 0 spiro atoms. The minimum atomic E-state index is -0.355. The molecule has 4 nitrogen and oxygen atoms in total. The number of esters is 2. The standard InChI is InChI=1S/C17H26O4/c1-4-14(18)20-16(3)12-6-11-7-13(16)10-17(8-11,9-12)21-15(19)5-2/h11-13H,4-10H2,1-3H3. The molecular weight excluding hydrogens is 268 g/mol. The van der Waals surface area contributed by atoms with Gasteiger partial charge in [-0.3, -0.25) is 9.59 Å². The van der Waals surface area contributed by atoms with E-state index in [2.05, 4.69) is 6.92 Å². The van der Waals surface area contributed by atoms with E-state index in [9.17, 15) is 9.59 Å². The molecule has 2 unspecified atom stereocenters. The summed E-state index contributed by atoms with van der Waals surface area (Å²) in [6.45, 7) is 5.78. The molecule has 4 aliphatic carbocycles. The fraction of sp³-hybridized carbons (Fsp3) is 0.882. The summed E-state index contributed by atoms with van der Waals surface area (Å²) in [6, 6.07) is 0. The first-order chi connectivity index (χ1) is 9.90. The van der Waals surface area contributed by atoms with E-state index in [4.69, 9.17) is 9.47 Å². The van der Waals surface area contributed by atoms with Gasteiger partial charge in [0.1, 0.15) is 11.2 Å². The Morgan fingerprint density at radius 1 is 0.952 bits per heavy atom. The van der Waals surface area contributed by atoms with Crippen LogP contribution in [0.25, 0.3) is 0 Å². The van der Waals surface area contributed by atoms with Crippen molar-refractivity contribution in [3.05, 3.63) is 0 Å². The summed E-state index contributed by atoms with van der Waals surface area (Å²) in [4.78, 5) is 23.6. The van der Waals surface area contributed by atoms with Gasteiger partial charge in [-0.25, -0.2) is 0 Å². The summed E-state index contributed by atoms with van der Waals surface area (Å²) in [6.07, 6.45) is 5.80. The Kier molecular flexibility index (Phi) is 3.53. The van der Waals surface area contributed by atoms with Crippen LogP contribution in [0.5, 0.6) is 0 Å². The fourth-order valence-corrected chi connectivity index (χ4v) is 5.04. The van der Waals surface area contributed by atoms with E-state index >= 15 is 0 Å². The summed E-state index contributed by atoms with van der Waals surface area (Å²) in [5, 5.41) is 0. The highest BCUT2D eigenvalue weighted by Crippen LogP contribution is 2.62. The fourth-order valence-electron chi connectivity index (χ4n) is 5.04. The number of rotatable bonds is 4. The summed E-state index contributed by atoms with van der Waals surface area (Å²) < 4.78 is 11.7. The third kappa shape index (κ3) is 2.36. The number of hydrogen-bond donors (Lipinski definition) is 0. The van der Waals surface area contributed by atoms with Crippen molar-refractivity contribution in [3.63, 3.8) is 0 Å². The van der Waals surface area contributed by atoms with Gasteiger partial charge in [-0.15, -0.1) is 0 Å². The lowest BCUT2D eigenvalue weighted by Gasteiger charge is -2.62. The lowest BCUT2D eigenvalue weighted by Crippen LogP contribution is -2.64. The second-order valence-electron chi connectivity index (χ2n) is 7.37. The highest BCUT2D eigenvalue weighted by Gasteiger charge is 2.63. The van der Waals surface area contributed by atoms with E-state index in [0.29, 0.717) is 30.6 Å². The molecule has 0 N–H and O–H groups in total. The lowest BCUT2D eigenvalue weighted by atomic mass is 9.48. The van der Waals surface area contributed by atoms with Gasteiger partial charge in [-0.1, -0.05) is 13.8 Å². The molecule has 4 heteroatoms. The highest BCUT2D eigenvalue weighted by atomic mass is 16.6. The smallest absolute Gasteiger partial charge is 0.306 e. The first-order valence-corrected chi connectivity index (χ1v) is 8.34. The van der Waals surface area contributed by atoms with E-state index in [-0.39, 0.29) is 23.1 Å². The summed E-state index contributed by atoms with van der Waals surface area (Å²) in [5.41, 5.74) is -0.631. The van der Waals surface area contributed by atoms with Gasteiger partial charge >= 0.3 is 11.9 Å². The van der Waals surface area contributed by atoms with Gasteiger partial charge in [-0.2, -0.15) is 0 Å². The van der Waals surface area contributed by atoms with Crippen LogP contribution in [-0.4, -0.2) is 23.1 Å². The summed E-state index contributed by atoms with van der Waals surface area (Å²) in [7, 11) is 0. The zero-order valence-corrected chi connectivity index (χ0v) is 13.3. The molecule has 4 bridgehead atoms. The van der Waals surface area contributed by atoms with E-state index in [1.54, 1.807) is 0 Å². The third-order valence-corrected chi connectivity index (χ3v) is 6.00. The predicted octanol–water partition coefficient (Wildman–Crippen LogP) is 3.23. The summed E-state index contributed by atoms with van der Waals surface area (Å²) >= 11 is 0. The van der Waals surface area contributed by atoms with Crippen molar-refractivity contribution in [1.29, 1.82) is 0 Å². The van der Waals surface area contributed by atoms with Crippen LogP contribution in [0.3, 0.4) is 0 Å². The molecule has 0 amide bonds. The van der Waals surface area contributed by atoms with Crippen molar-refractivity contribution in [3.8, 4) is 0 Å². The van der Waals surface area contributed by atoms with E-state index in [1.807, 2.05) is 13.8 Å². The molecule has 4 rings (SSSR count). The van der Waals surface area contributed by atoms with Gasteiger partial charge in [0.2, 0.25) is 0 Å². The lowest BCUT2D eigenvalue weighted by molar-refractivity contribution is -0.244. The minimum absolute atomic E-state index is 0.0933. The number of carbonyl (C=O) groups is 2. The van der Waals surface area contributed by atoms with E-state index in [0.717, 1.165) is 32.1 Å². The summed E-state index contributed by atoms with van der Waals surface area (Å²) in [5.74, 6) is 1.10. The topological polar surface area (TPSA) is 52.6 Å². The van der Waals surface area contributed by atoms with Crippen molar-refractivity contribution in [2.45, 2.75) is 76.9 Å². The maximum atomic E-state index is 11.8. The van der Waals surface area contributed by atoms with Crippen molar-refractivity contribution < 1.29 is 19.1 Å². The van der Waals surface area contributed by atoms with Gasteiger partial charge in [0.25, 0.3) is 0 Å². The van der Waals surface area contributed by atoms with E-state index in [1.165, 1.54) is 0 Å². The van der Waals surface area contributed by atoms with Crippen LogP contribution in [0, 0.1) is 17.8 Å². The Balaban J connectivity index is 1.81. The predicted molar refractivity (Wildman–Crippen MR) is 77.5 cm³/mol. The van der Waals surface area contributed by atoms with Crippen LogP contribution >= 0.6 is 0 Å². The highest BCUT2D eigenvalue weighted by molar-refractivity contribution is 5.70. The SMILES string of the molecule is CCC(=O)OC12CC3CC(C1)C(C)(OC(=O)CC)C(C3)C2. The molecule has 0 aromatic rings. The Morgan fingerprint density at radius 3 is 2.00 bits per heavy atom. The largest absolute Gasteiger partial charge is 0.459 e. The first kappa shape index (κ1) is 14.9. The Morgan fingerprint density at radius 2 is 1.48 bits per heavy atom. The molecule has 0 aromatic heterocycles. The van der Waals surface area contributed by atoms with Gasteiger partial charge in [-0.05, 0) is 44.9 Å². The number of ether oxygens (including phenoxy) is 2. The molecule has 0 saturated heterocycles. The molecule has 4 saturated carbocycles. The molecule has 4 aliphatic rings. The van der Waals surface area contributed by atoms with Crippen LogP contribution < -0.4 is 0 Å². The second-order valence-corrected chi connectivity index (χ2v) is 7.37. The Bertz CT molecular complexity index is 440. The van der Waals surface area contributed by atoms with Crippen molar-refractivity contribution in [2.24, 2.45) is 17.8 Å². The van der Waals surface area contributed by atoms with Crippen LogP contribution in [0.1, 0.15) is 65.7 Å². The number of hydrogen-bond acceptors (Lipinski definition) is 4.